The molecular formula is C14H22ClNO. The van der Waals surface area contributed by atoms with Gasteiger partial charge in [-0.1, -0.05) is 0 Å². The van der Waals surface area contributed by atoms with E-state index in [1.54, 1.807) is 0 Å². The normalized spacial score (nSPS) is 43.3. The second kappa shape index (κ2) is 4.46. The lowest BCUT2D eigenvalue weighted by atomic mass is 10.0. The Kier molecular flexibility index (Phi) is 3.10. The summed E-state index contributed by atoms with van der Waals surface area (Å²) in [5.41, 5.74) is 0. The maximum absolute atomic E-state index is 12.2. The molecular weight excluding hydrogens is 234 g/mol. The van der Waals surface area contributed by atoms with E-state index in [2.05, 4.69) is 12.2 Å². The number of carbonyl (C=O) groups is 1. The van der Waals surface area contributed by atoms with Crippen LogP contribution in [0.5, 0.6) is 0 Å². The summed E-state index contributed by atoms with van der Waals surface area (Å²) in [7, 11) is 0. The Bertz CT molecular complexity index is 303. The van der Waals surface area contributed by atoms with E-state index in [9.17, 15) is 4.79 Å². The quantitative estimate of drug-likeness (QED) is 0.752. The van der Waals surface area contributed by atoms with Gasteiger partial charge in [-0.25, -0.2) is 0 Å². The minimum atomic E-state index is 0.292. The molecule has 0 aromatic carbocycles. The first kappa shape index (κ1) is 11.8. The molecule has 3 rings (SSSR count). The minimum Gasteiger partial charge on any atom is -0.353 e. The third-order valence-electron chi connectivity index (χ3n) is 5.20. The van der Waals surface area contributed by atoms with Gasteiger partial charge in [0, 0.05) is 17.8 Å². The fourth-order valence-electron chi connectivity index (χ4n) is 4.47. The van der Waals surface area contributed by atoms with Gasteiger partial charge in [0.15, 0.2) is 0 Å². The van der Waals surface area contributed by atoms with E-state index in [1.807, 2.05) is 0 Å². The molecule has 3 fully saturated rings. The summed E-state index contributed by atoms with van der Waals surface area (Å²) in [4.78, 5) is 12.2. The molecule has 0 heterocycles. The van der Waals surface area contributed by atoms with Crippen molar-refractivity contribution >= 4 is 17.5 Å². The number of hydrogen-bond acceptors (Lipinski definition) is 1. The van der Waals surface area contributed by atoms with Crippen molar-refractivity contribution in [1.82, 2.24) is 5.32 Å². The van der Waals surface area contributed by atoms with Crippen molar-refractivity contribution in [3.8, 4) is 0 Å². The summed E-state index contributed by atoms with van der Waals surface area (Å²) in [5, 5.41) is 3.18. The van der Waals surface area contributed by atoms with E-state index in [1.165, 1.54) is 19.3 Å². The third kappa shape index (κ3) is 1.99. The van der Waals surface area contributed by atoms with Gasteiger partial charge in [0.2, 0.25) is 5.91 Å². The molecule has 3 aliphatic rings. The minimum absolute atomic E-state index is 0.292. The summed E-state index contributed by atoms with van der Waals surface area (Å²) >= 11 is 5.67. The SMILES string of the molecule is CC(CCCCl)NC(=O)C1C2C3CCC(C3)C12. The third-order valence-corrected chi connectivity index (χ3v) is 5.46. The standard InChI is InChI=1S/C14H22ClNO/c1-8(3-2-6-15)16-14(17)13-11-9-4-5-10(7-9)12(11)13/h8-13H,2-7H2,1H3,(H,16,17). The number of nitrogens with one attached hydrogen (secondary N) is 1. The molecule has 3 saturated carbocycles. The van der Waals surface area contributed by atoms with Crippen molar-refractivity contribution in [2.24, 2.45) is 29.6 Å². The van der Waals surface area contributed by atoms with E-state index in [4.69, 9.17) is 11.6 Å². The number of halogens is 1. The van der Waals surface area contributed by atoms with E-state index in [0.29, 0.717) is 23.7 Å². The monoisotopic (exact) mass is 255 g/mol. The number of fused-ring (bicyclic) bond motifs is 5. The zero-order chi connectivity index (χ0) is 12.0. The summed E-state index contributed by atoms with van der Waals surface area (Å²) in [5.74, 6) is 4.69. The van der Waals surface area contributed by atoms with Gasteiger partial charge < -0.3 is 5.32 Å². The van der Waals surface area contributed by atoms with Gasteiger partial charge in [0.1, 0.15) is 0 Å². The zero-order valence-corrected chi connectivity index (χ0v) is 11.2. The van der Waals surface area contributed by atoms with Crippen LogP contribution in [0.15, 0.2) is 0 Å². The van der Waals surface area contributed by atoms with Crippen LogP contribution in [0.2, 0.25) is 0 Å². The number of rotatable bonds is 5. The molecule has 3 aliphatic carbocycles. The Labute approximate surface area is 108 Å². The molecule has 2 nitrogen and oxygen atoms in total. The maximum Gasteiger partial charge on any atom is 0.223 e. The van der Waals surface area contributed by atoms with Gasteiger partial charge in [-0.3, -0.25) is 4.79 Å². The lowest BCUT2D eigenvalue weighted by Crippen LogP contribution is -2.35. The highest BCUT2D eigenvalue weighted by Gasteiger charge is 2.67. The van der Waals surface area contributed by atoms with Crippen LogP contribution >= 0.6 is 11.6 Å². The molecule has 0 saturated heterocycles. The van der Waals surface area contributed by atoms with Crippen LogP contribution in [0.25, 0.3) is 0 Å². The Morgan fingerprint density at radius 3 is 2.59 bits per heavy atom. The molecule has 17 heavy (non-hydrogen) atoms. The summed E-state index contributed by atoms with van der Waals surface area (Å²) in [6.45, 7) is 2.09. The maximum atomic E-state index is 12.2. The molecule has 1 N–H and O–H groups in total. The molecule has 5 unspecified atom stereocenters. The van der Waals surface area contributed by atoms with Crippen molar-refractivity contribution in [2.45, 2.75) is 45.1 Å². The second-order valence-electron chi connectivity index (χ2n) is 6.25. The van der Waals surface area contributed by atoms with Gasteiger partial charge in [0.05, 0.1) is 0 Å². The van der Waals surface area contributed by atoms with Crippen LogP contribution in [-0.4, -0.2) is 17.8 Å². The van der Waals surface area contributed by atoms with Crippen molar-refractivity contribution in [1.29, 1.82) is 0 Å². The van der Waals surface area contributed by atoms with Crippen LogP contribution in [0, 0.1) is 29.6 Å². The van der Waals surface area contributed by atoms with Gasteiger partial charge in [-0.15, -0.1) is 11.6 Å². The molecule has 1 amide bonds. The smallest absolute Gasteiger partial charge is 0.223 e. The summed E-state index contributed by atoms with van der Waals surface area (Å²) in [6.07, 6.45) is 6.19. The van der Waals surface area contributed by atoms with Crippen LogP contribution in [0.4, 0.5) is 0 Å². The number of carbonyl (C=O) groups excluding carboxylic acids is 1. The average Bonchev–Trinajstić information content (AvgIpc) is 2.76. The number of amides is 1. The van der Waals surface area contributed by atoms with Gasteiger partial charge >= 0.3 is 0 Å². The molecule has 0 aromatic heterocycles. The van der Waals surface area contributed by atoms with Crippen molar-refractivity contribution in [2.75, 3.05) is 5.88 Å². The highest BCUT2D eigenvalue weighted by molar-refractivity contribution is 6.17. The number of alkyl halides is 1. The Hall–Kier alpha value is -0.240. The predicted octanol–water partition coefficient (Wildman–Crippen LogP) is 2.80. The molecule has 0 spiro atoms. The van der Waals surface area contributed by atoms with Crippen molar-refractivity contribution < 1.29 is 4.79 Å². The van der Waals surface area contributed by atoms with Crippen LogP contribution in [0.1, 0.15) is 39.0 Å². The van der Waals surface area contributed by atoms with E-state index >= 15 is 0 Å². The second-order valence-corrected chi connectivity index (χ2v) is 6.63. The van der Waals surface area contributed by atoms with Gasteiger partial charge in [0.25, 0.3) is 0 Å². The topological polar surface area (TPSA) is 29.1 Å². The lowest BCUT2D eigenvalue weighted by Gasteiger charge is -2.15. The van der Waals surface area contributed by atoms with Crippen molar-refractivity contribution in [3.63, 3.8) is 0 Å². The first-order valence-electron chi connectivity index (χ1n) is 7.08. The van der Waals surface area contributed by atoms with Crippen LogP contribution < -0.4 is 5.32 Å². The molecule has 0 radical (unpaired) electrons. The summed E-state index contributed by atoms with van der Waals surface area (Å²) < 4.78 is 0. The van der Waals surface area contributed by atoms with Gasteiger partial charge in [-0.05, 0) is 62.7 Å². The Morgan fingerprint density at radius 1 is 1.35 bits per heavy atom. The first-order chi connectivity index (χ1) is 8.22. The van der Waals surface area contributed by atoms with Gasteiger partial charge in [-0.2, -0.15) is 0 Å². The summed E-state index contributed by atoms with van der Waals surface area (Å²) in [6, 6.07) is 0.292. The highest BCUT2D eigenvalue weighted by atomic mass is 35.5. The molecule has 96 valence electrons. The number of hydrogen-bond donors (Lipinski definition) is 1. The molecule has 0 aliphatic heterocycles. The highest BCUT2D eigenvalue weighted by Crippen LogP contribution is 2.69. The fraction of sp³-hybridized carbons (Fsp3) is 0.929. The Morgan fingerprint density at radius 2 is 2.00 bits per heavy atom. The first-order valence-corrected chi connectivity index (χ1v) is 7.62. The van der Waals surface area contributed by atoms with Crippen LogP contribution in [-0.2, 0) is 4.79 Å². The molecule has 3 heteroatoms. The van der Waals surface area contributed by atoms with E-state index in [-0.39, 0.29) is 0 Å². The van der Waals surface area contributed by atoms with E-state index in [0.717, 1.165) is 36.5 Å². The van der Waals surface area contributed by atoms with E-state index < -0.39 is 0 Å². The van der Waals surface area contributed by atoms with Crippen LogP contribution in [0.3, 0.4) is 0 Å². The van der Waals surface area contributed by atoms with Crippen molar-refractivity contribution in [3.05, 3.63) is 0 Å². The zero-order valence-electron chi connectivity index (χ0n) is 10.5. The fourth-order valence-corrected chi connectivity index (χ4v) is 4.62. The average molecular weight is 256 g/mol. The molecule has 2 bridgehead atoms. The lowest BCUT2D eigenvalue weighted by molar-refractivity contribution is -0.123. The Balaban J connectivity index is 1.49. The largest absolute Gasteiger partial charge is 0.353 e. The molecule has 0 aromatic rings. The molecule has 5 atom stereocenters. The predicted molar refractivity (Wildman–Crippen MR) is 68.9 cm³/mol.